The highest BCUT2D eigenvalue weighted by molar-refractivity contribution is 7.17. The van der Waals surface area contributed by atoms with Gasteiger partial charge >= 0.3 is 0 Å². The summed E-state index contributed by atoms with van der Waals surface area (Å²) in [6.07, 6.45) is 1.46. The Morgan fingerprint density at radius 2 is 1.75 bits per heavy atom. The first-order valence-electron chi connectivity index (χ1n) is 8.34. The molecule has 3 heterocycles. The molecule has 2 N–H and O–H groups in total. The van der Waals surface area contributed by atoms with Crippen LogP contribution in [-0.2, 0) is 0 Å². The van der Waals surface area contributed by atoms with Gasteiger partial charge in [-0.3, -0.25) is 0 Å². The molecule has 0 aliphatic rings. The monoisotopic (exact) mass is 394 g/mol. The second-order valence-corrected chi connectivity index (χ2v) is 6.98. The van der Waals surface area contributed by atoms with Crippen LogP contribution in [0, 0.1) is 5.82 Å². The van der Waals surface area contributed by atoms with Crippen LogP contribution in [0.25, 0.3) is 21.1 Å². The molecule has 0 saturated carbocycles. The molecule has 0 radical (unpaired) electrons. The Labute approximate surface area is 161 Å². The molecule has 6 nitrogen and oxygen atoms in total. The molecule has 0 amide bonds. The standard InChI is InChI=1S/C19H12F2N6S/c20-12-1-3-13(4-2-12)24-19-25-15-7-8-28-17(15)18(26-19)23-14-5-6-16-11(9-14)10-22-27(16)21/h1-10H,(H2,23,24,25,26). The largest absolute Gasteiger partial charge is 0.339 e. The molecule has 0 bridgehead atoms. The highest BCUT2D eigenvalue weighted by Crippen LogP contribution is 2.31. The number of fused-ring (bicyclic) bond motifs is 2. The van der Waals surface area contributed by atoms with E-state index in [1.54, 1.807) is 30.3 Å². The SMILES string of the molecule is Fc1ccc(Nc2nc(Nc3ccc4c(cnn4F)c3)c3sccc3n2)cc1. The number of nitrogens with one attached hydrogen (secondary N) is 2. The molecule has 0 fully saturated rings. The van der Waals surface area contributed by atoms with Gasteiger partial charge in [-0.25, -0.2) is 9.37 Å². The molecular formula is C19H12F2N6S. The Kier molecular flexibility index (Phi) is 3.87. The normalized spacial score (nSPS) is 11.2. The van der Waals surface area contributed by atoms with Crippen LogP contribution in [0.1, 0.15) is 0 Å². The highest BCUT2D eigenvalue weighted by atomic mass is 32.1. The molecule has 138 valence electrons. The first kappa shape index (κ1) is 16.6. The van der Waals surface area contributed by atoms with Gasteiger partial charge in [0, 0.05) is 16.8 Å². The van der Waals surface area contributed by atoms with Gasteiger partial charge in [-0.1, -0.05) is 9.39 Å². The molecular weight excluding hydrogens is 382 g/mol. The smallest absolute Gasteiger partial charge is 0.229 e. The summed E-state index contributed by atoms with van der Waals surface area (Å²) in [5.41, 5.74) is 2.61. The molecule has 0 spiro atoms. The van der Waals surface area contributed by atoms with Crippen LogP contribution < -0.4 is 10.6 Å². The number of anilines is 4. The molecule has 0 aliphatic heterocycles. The minimum absolute atomic E-state index is 0.311. The second-order valence-electron chi connectivity index (χ2n) is 6.07. The summed E-state index contributed by atoms with van der Waals surface area (Å²) < 4.78 is 27.5. The fourth-order valence-electron chi connectivity index (χ4n) is 2.88. The van der Waals surface area contributed by atoms with E-state index >= 15 is 0 Å². The predicted molar refractivity (Wildman–Crippen MR) is 107 cm³/mol. The summed E-state index contributed by atoms with van der Waals surface area (Å²) >= 11 is 1.52. The fourth-order valence-corrected chi connectivity index (χ4v) is 3.66. The number of thiophene rings is 1. The predicted octanol–water partition coefficient (Wildman–Crippen LogP) is 5.40. The average molecular weight is 394 g/mol. The van der Waals surface area contributed by atoms with Crippen LogP contribution in [0.4, 0.5) is 32.0 Å². The van der Waals surface area contributed by atoms with Crippen molar-refractivity contribution in [3.8, 4) is 0 Å². The molecule has 9 heteroatoms. The number of aromatic nitrogens is 4. The van der Waals surface area contributed by atoms with Crippen molar-refractivity contribution in [1.82, 2.24) is 20.0 Å². The topological polar surface area (TPSA) is 67.7 Å². The van der Waals surface area contributed by atoms with Gasteiger partial charge in [-0.2, -0.15) is 4.98 Å². The summed E-state index contributed by atoms with van der Waals surface area (Å²) in [6, 6.07) is 13.1. The van der Waals surface area contributed by atoms with E-state index in [0.29, 0.717) is 33.3 Å². The number of nitrogens with zero attached hydrogens (tertiary/aromatic N) is 4. The lowest BCUT2D eigenvalue weighted by Crippen LogP contribution is -2.01. The first-order chi connectivity index (χ1) is 13.7. The van der Waals surface area contributed by atoms with E-state index in [1.807, 2.05) is 11.4 Å². The van der Waals surface area contributed by atoms with Crippen molar-refractivity contribution >= 4 is 55.6 Å². The van der Waals surface area contributed by atoms with Crippen LogP contribution in [0.2, 0.25) is 0 Å². The quantitative estimate of drug-likeness (QED) is 0.427. The Hall–Kier alpha value is -3.59. The third-order valence-electron chi connectivity index (χ3n) is 4.19. The molecule has 0 atom stereocenters. The van der Waals surface area contributed by atoms with Crippen molar-refractivity contribution < 1.29 is 8.87 Å². The van der Waals surface area contributed by atoms with Gasteiger partial charge < -0.3 is 10.6 Å². The van der Waals surface area contributed by atoms with E-state index in [9.17, 15) is 8.87 Å². The van der Waals surface area contributed by atoms with Crippen molar-refractivity contribution in [1.29, 1.82) is 0 Å². The van der Waals surface area contributed by atoms with E-state index in [0.717, 1.165) is 15.9 Å². The molecule has 0 aliphatic carbocycles. The number of rotatable bonds is 4. The summed E-state index contributed by atoms with van der Waals surface area (Å²) in [5, 5.41) is 12.6. The minimum Gasteiger partial charge on any atom is -0.339 e. The van der Waals surface area contributed by atoms with Crippen LogP contribution in [-0.4, -0.2) is 20.0 Å². The lowest BCUT2D eigenvalue weighted by molar-refractivity contribution is 0.332. The third-order valence-corrected chi connectivity index (χ3v) is 5.10. The number of halogens is 2. The zero-order valence-corrected chi connectivity index (χ0v) is 15.0. The number of hydrogen-bond acceptors (Lipinski definition) is 6. The van der Waals surface area contributed by atoms with Crippen LogP contribution >= 0.6 is 11.3 Å². The van der Waals surface area contributed by atoms with E-state index in [2.05, 4.69) is 25.7 Å². The van der Waals surface area contributed by atoms with Gasteiger partial charge in [0.2, 0.25) is 5.95 Å². The van der Waals surface area contributed by atoms with Gasteiger partial charge in [0.05, 0.1) is 16.4 Å². The van der Waals surface area contributed by atoms with Gasteiger partial charge in [0.15, 0.2) is 5.82 Å². The van der Waals surface area contributed by atoms with E-state index in [4.69, 9.17) is 0 Å². The van der Waals surface area contributed by atoms with Crippen molar-refractivity contribution in [3.63, 3.8) is 0 Å². The molecule has 5 rings (SSSR count). The van der Waals surface area contributed by atoms with Crippen molar-refractivity contribution in [3.05, 3.63) is 65.9 Å². The summed E-state index contributed by atoms with van der Waals surface area (Å²) in [4.78, 5) is 9.40. The Morgan fingerprint density at radius 3 is 2.61 bits per heavy atom. The van der Waals surface area contributed by atoms with Gasteiger partial charge in [-0.15, -0.1) is 16.4 Å². The second kappa shape index (κ2) is 6.54. The molecule has 0 saturated heterocycles. The Morgan fingerprint density at radius 1 is 0.929 bits per heavy atom. The number of benzene rings is 2. The van der Waals surface area contributed by atoms with Crippen molar-refractivity contribution in [2.75, 3.05) is 10.6 Å². The fraction of sp³-hybridized carbons (Fsp3) is 0. The Bertz CT molecular complexity index is 1300. The minimum atomic E-state index is -0.311. The third kappa shape index (κ3) is 3.01. The maximum atomic E-state index is 13.5. The van der Waals surface area contributed by atoms with E-state index in [-0.39, 0.29) is 5.82 Å². The maximum absolute atomic E-state index is 13.5. The van der Waals surface area contributed by atoms with E-state index < -0.39 is 0 Å². The zero-order chi connectivity index (χ0) is 19.1. The summed E-state index contributed by atoms with van der Waals surface area (Å²) in [7, 11) is 0. The van der Waals surface area contributed by atoms with Crippen LogP contribution in [0.15, 0.2) is 60.1 Å². The van der Waals surface area contributed by atoms with Crippen molar-refractivity contribution in [2.24, 2.45) is 0 Å². The van der Waals surface area contributed by atoms with Crippen molar-refractivity contribution in [2.45, 2.75) is 0 Å². The zero-order valence-electron chi connectivity index (χ0n) is 14.2. The summed E-state index contributed by atoms with van der Waals surface area (Å²) in [6.45, 7) is 0. The molecule has 28 heavy (non-hydrogen) atoms. The molecule has 3 aromatic heterocycles. The summed E-state index contributed by atoms with van der Waals surface area (Å²) in [5.74, 6) is 0.698. The van der Waals surface area contributed by atoms with Gasteiger partial charge in [-0.05, 0) is 53.9 Å². The van der Waals surface area contributed by atoms with Gasteiger partial charge in [0.25, 0.3) is 0 Å². The van der Waals surface area contributed by atoms with Crippen LogP contribution in [0.5, 0.6) is 0 Å². The molecule has 5 aromatic rings. The lowest BCUT2D eigenvalue weighted by atomic mass is 10.2. The lowest BCUT2D eigenvalue weighted by Gasteiger charge is -2.10. The molecule has 2 aromatic carbocycles. The first-order valence-corrected chi connectivity index (χ1v) is 9.22. The molecule has 0 unspecified atom stereocenters. The highest BCUT2D eigenvalue weighted by Gasteiger charge is 2.11. The van der Waals surface area contributed by atoms with E-state index in [1.165, 1.54) is 29.7 Å². The number of hydrogen-bond donors (Lipinski definition) is 2. The maximum Gasteiger partial charge on any atom is 0.229 e. The Balaban J connectivity index is 1.51. The van der Waals surface area contributed by atoms with Gasteiger partial charge in [0.1, 0.15) is 11.3 Å². The van der Waals surface area contributed by atoms with Crippen LogP contribution in [0.3, 0.4) is 0 Å². The average Bonchev–Trinajstić information content (AvgIpc) is 3.31.